The number of halogens is 3. The number of anilines is 2. The average Bonchev–Trinajstić information content (AvgIpc) is 2.34. The molecule has 2 rings (SSSR count). The summed E-state index contributed by atoms with van der Waals surface area (Å²) in [7, 11) is 0. The first kappa shape index (κ1) is 13.4. The molecule has 0 bridgehead atoms. The SMILES string of the molecule is CCc1c(Cl)ncnc1Nc1cc(Cl)ccc1Cl. The first-order chi connectivity index (χ1) is 8.61. The van der Waals surface area contributed by atoms with Crippen LogP contribution in [-0.2, 0) is 6.42 Å². The molecular formula is C12H10Cl3N3. The Morgan fingerprint density at radius 1 is 1.17 bits per heavy atom. The van der Waals surface area contributed by atoms with Gasteiger partial charge in [0.05, 0.1) is 10.7 Å². The third-order valence-corrected chi connectivity index (χ3v) is 3.32. The molecule has 1 aromatic heterocycles. The van der Waals surface area contributed by atoms with Gasteiger partial charge < -0.3 is 5.32 Å². The van der Waals surface area contributed by atoms with E-state index in [2.05, 4.69) is 15.3 Å². The lowest BCUT2D eigenvalue weighted by Crippen LogP contribution is -2.01. The minimum Gasteiger partial charge on any atom is -0.339 e. The summed E-state index contributed by atoms with van der Waals surface area (Å²) >= 11 is 18.0. The van der Waals surface area contributed by atoms with E-state index in [1.54, 1.807) is 18.2 Å². The minimum atomic E-state index is 0.438. The Hall–Kier alpha value is -1.03. The van der Waals surface area contributed by atoms with E-state index in [-0.39, 0.29) is 0 Å². The van der Waals surface area contributed by atoms with E-state index in [0.29, 0.717) is 26.7 Å². The summed E-state index contributed by atoms with van der Waals surface area (Å²) in [5.41, 5.74) is 1.53. The molecule has 0 spiro atoms. The molecule has 0 atom stereocenters. The molecule has 0 aliphatic rings. The Balaban J connectivity index is 2.40. The van der Waals surface area contributed by atoms with E-state index in [9.17, 15) is 0 Å². The van der Waals surface area contributed by atoms with Gasteiger partial charge in [0, 0.05) is 10.6 Å². The van der Waals surface area contributed by atoms with Crippen LogP contribution in [0, 0.1) is 0 Å². The van der Waals surface area contributed by atoms with Crippen molar-refractivity contribution in [2.24, 2.45) is 0 Å². The van der Waals surface area contributed by atoms with Gasteiger partial charge in [0.15, 0.2) is 0 Å². The molecule has 6 heteroatoms. The molecule has 0 unspecified atom stereocenters. The number of rotatable bonds is 3. The Morgan fingerprint density at radius 3 is 2.67 bits per heavy atom. The van der Waals surface area contributed by atoms with Gasteiger partial charge in [-0.05, 0) is 24.6 Å². The fourth-order valence-corrected chi connectivity index (χ4v) is 2.14. The number of hydrogen-bond acceptors (Lipinski definition) is 3. The smallest absolute Gasteiger partial charge is 0.138 e. The zero-order valence-corrected chi connectivity index (χ0v) is 11.8. The van der Waals surface area contributed by atoms with E-state index in [1.165, 1.54) is 6.33 Å². The summed E-state index contributed by atoms with van der Waals surface area (Å²) in [6, 6.07) is 5.18. The van der Waals surface area contributed by atoms with Gasteiger partial charge in [0.25, 0.3) is 0 Å². The molecule has 1 heterocycles. The van der Waals surface area contributed by atoms with Crippen LogP contribution in [0.2, 0.25) is 15.2 Å². The Kier molecular flexibility index (Phi) is 4.27. The molecule has 0 aliphatic heterocycles. The fraction of sp³-hybridized carbons (Fsp3) is 0.167. The van der Waals surface area contributed by atoms with Crippen molar-refractivity contribution in [3.05, 3.63) is 45.3 Å². The number of hydrogen-bond donors (Lipinski definition) is 1. The topological polar surface area (TPSA) is 37.8 Å². The number of nitrogens with one attached hydrogen (secondary N) is 1. The number of aromatic nitrogens is 2. The second-order valence-electron chi connectivity index (χ2n) is 3.59. The van der Waals surface area contributed by atoms with E-state index < -0.39 is 0 Å². The van der Waals surface area contributed by atoms with E-state index in [1.807, 2.05) is 6.92 Å². The molecule has 18 heavy (non-hydrogen) atoms. The second-order valence-corrected chi connectivity index (χ2v) is 4.80. The highest BCUT2D eigenvalue weighted by molar-refractivity contribution is 6.35. The van der Waals surface area contributed by atoms with Crippen LogP contribution < -0.4 is 5.32 Å². The highest BCUT2D eigenvalue weighted by Crippen LogP contribution is 2.30. The molecule has 0 saturated heterocycles. The van der Waals surface area contributed by atoms with E-state index in [4.69, 9.17) is 34.8 Å². The van der Waals surface area contributed by atoms with Crippen molar-refractivity contribution in [2.45, 2.75) is 13.3 Å². The zero-order valence-electron chi connectivity index (χ0n) is 9.54. The standard InChI is InChI=1S/C12H10Cl3N3/c1-2-8-11(15)16-6-17-12(8)18-10-5-7(13)3-4-9(10)14/h3-6H,2H2,1H3,(H,16,17,18). The van der Waals surface area contributed by atoms with Crippen molar-refractivity contribution < 1.29 is 0 Å². The monoisotopic (exact) mass is 301 g/mol. The Labute approximate surface area is 120 Å². The van der Waals surface area contributed by atoms with Crippen molar-refractivity contribution in [1.82, 2.24) is 9.97 Å². The average molecular weight is 303 g/mol. The molecule has 0 fully saturated rings. The molecule has 94 valence electrons. The van der Waals surface area contributed by atoms with Gasteiger partial charge in [-0.3, -0.25) is 0 Å². The first-order valence-electron chi connectivity index (χ1n) is 5.33. The normalized spacial score (nSPS) is 10.4. The molecule has 2 aromatic rings. The van der Waals surface area contributed by atoms with Crippen molar-refractivity contribution in [3.8, 4) is 0 Å². The van der Waals surface area contributed by atoms with Gasteiger partial charge in [0.2, 0.25) is 0 Å². The summed E-state index contributed by atoms with van der Waals surface area (Å²) < 4.78 is 0. The van der Waals surface area contributed by atoms with Crippen LogP contribution in [0.5, 0.6) is 0 Å². The molecular weight excluding hydrogens is 293 g/mol. The maximum atomic E-state index is 6.08. The zero-order chi connectivity index (χ0) is 13.1. The second kappa shape index (κ2) is 5.74. The Bertz CT molecular complexity index is 572. The predicted molar refractivity (Wildman–Crippen MR) is 76.2 cm³/mol. The number of nitrogens with zero attached hydrogens (tertiary/aromatic N) is 2. The quantitative estimate of drug-likeness (QED) is 0.832. The van der Waals surface area contributed by atoms with Crippen LogP contribution in [0.15, 0.2) is 24.5 Å². The van der Waals surface area contributed by atoms with E-state index >= 15 is 0 Å². The lowest BCUT2D eigenvalue weighted by atomic mass is 10.2. The summed E-state index contributed by atoms with van der Waals surface area (Å²) in [6.07, 6.45) is 2.13. The molecule has 0 amide bonds. The van der Waals surface area contributed by atoms with Crippen LogP contribution in [0.1, 0.15) is 12.5 Å². The van der Waals surface area contributed by atoms with Crippen LogP contribution in [0.4, 0.5) is 11.5 Å². The van der Waals surface area contributed by atoms with Crippen LogP contribution in [0.3, 0.4) is 0 Å². The van der Waals surface area contributed by atoms with Gasteiger partial charge in [-0.2, -0.15) is 0 Å². The number of benzene rings is 1. The molecule has 1 aromatic carbocycles. The van der Waals surface area contributed by atoms with E-state index in [0.717, 1.165) is 12.0 Å². The third kappa shape index (κ3) is 2.86. The predicted octanol–water partition coefficient (Wildman–Crippen LogP) is 4.74. The Morgan fingerprint density at radius 2 is 1.94 bits per heavy atom. The summed E-state index contributed by atoms with van der Waals surface area (Å²) in [4.78, 5) is 8.12. The lowest BCUT2D eigenvalue weighted by Gasteiger charge is -2.11. The molecule has 3 nitrogen and oxygen atoms in total. The van der Waals surface area contributed by atoms with Crippen LogP contribution >= 0.6 is 34.8 Å². The van der Waals surface area contributed by atoms with Crippen molar-refractivity contribution >= 4 is 46.3 Å². The molecule has 0 radical (unpaired) electrons. The van der Waals surface area contributed by atoms with Gasteiger partial charge in [-0.15, -0.1) is 0 Å². The lowest BCUT2D eigenvalue weighted by molar-refractivity contribution is 1.05. The van der Waals surface area contributed by atoms with Gasteiger partial charge in [-0.1, -0.05) is 41.7 Å². The van der Waals surface area contributed by atoms with Crippen LogP contribution in [-0.4, -0.2) is 9.97 Å². The van der Waals surface area contributed by atoms with Crippen molar-refractivity contribution in [1.29, 1.82) is 0 Å². The highest BCUT2D eigenvalue weighted by atomic mass is 35.5. The summed E-state index contributed by atoms with van der Waals surface area (Å²) in [5.74, 6) is 0.640. The highest BCUT2D eigenvalue weighted by Gasteiger charge is 2.10. The van der Waals surface area contributed by atoms with Gasteiger partial charge in [0.1, 0.15) is 17.3 Å². The maximum Gasteiger partial charge on any atom is 0.138 e. The maximum absolute atomic E-state index is 6.08. The third-order valence-electron chi connectivity index (χ3n) is 2.43. The summed E-state index contributed by atoms with van der Waals surface area (Å²) in [5, 5.41) is 4.72. The van der Waals surface area contributed by atoms with Crippen LogP contribution in [0.25, 0.3) is 0 Å². The van der Waals surface area contributed by atoms with Gasteiger partial charge >= 0.3 is 0 Å². The van der Waals surface area contributed by atoms with Crippen molar-refractivity contribution in [2.75, 3.05) is 5.32 Å². The van der Waals surface area contributed by atoms with Gasteiger partial charge in [-0.25, -0.2) is 9.97 Å². The first-order valence-corrected chi connectivity index (χ1v) is 6.46. The molecule has 0 saturated carbocycles. The fourth-order valence-electron chi connectivity index (χ4n) is 1.53. The minimum absolute atomic E-state index is 0.438. The summed E-state index contributed by atoms with van der Waals surface area (Å²) in [6.45, 7) is 1.98. The largest absolute Gasteiger partial charge is 0.339 e. The molecule has 1 N–H and O–H groups in total. The molecule has 0 aliphatic carbocycles. The van der Waals surface area contributed by atoms with Crippen molar-refractivity contribution in [3.63, 3.8) is 0 Å².